The maximum atomic E-state index is 11.1. The van der Waals surface area contributed by atoms with Crippen LogP contribution < -0.4 is 16.8 Å². The Hall–Kier alpha value is -1.78. The van der Waals surface area contributed by atoms with Gasteiger partial charge in [-0.15, -0.1) is 0 Å². The average molecular weight is 208 g/mol. The summed E-state index contributed by atoms with van der Waals surface area (Å²) in [7, 11) is 0. The predicted molar refractivity (Wildman–Crippen MR) is 60.1 cm³/mol. The van der Waals surface area contributed by atoms with Gasteiger partial charge in [-0.1, -0.05) is 0 Å². The second kappa shape index (κ2) is 4.16. The van der Waals surface area contributed by atoms with Crippen LogP contribution in [0.25, 0.3) is 0 Å². The highest BCUT2D eigenvalue weighted by molar-refractivity contribution is 5.80. The van der Waals surface area contributed by atoms with Crippen molar-refractivity contribution in [1.29, 1.82) is 0 Å². The van der Waals surface area contributed by atoms with Crippen LogP contribution in [0.3, 0.4) is 0 Å². The molecule has 1 amide bonds. The number of anilines is 2. The van der Waals surface area contributed by atoms with Crippen molar-refractivity contribution >= 4 is 17.4 Å². The third-order valence-corrected chi connectivity index (χ3v) is 2.18. The summed E-state index contributed by atoms with van der Waals surface area (Å²) in [5.41, 5.74) is 11.0. The topological polar surface area (TPSA) is 94.0 Å². The zero-order valence-electron chi connectivity index (χ0n) is 8.95. The van der Waals surface area contributed by atoms with Gasteiger partial charge in [-0.05, 0) is 19.9 Å². The van der Waals surface area contributed by atoms with E-state index in [1.807, 2.05) is 0 Å². The minimum absolute atomic E-state index is 0.336. The van der Waals surface area contributed by atoms with Crippen molar-refractivity contribution in [3.63, 3.8) is 0 Å². The van der Waals surface area contributed by atoms with E-state index in [0.29, 0.717) is 12.4 Å². The zero-order chi connectivity index (χ0) is 11.5. The first-order chi connectivity index (χ1) is 6.92. The molecule has 0 saturated carbocycles. The third kappa shape index (κ3) is 3.12. The summed E-state index contributed by atoms with van der Waals surface area (Å²) >= 11 is 0. The van der Waals surface area contributed by atoms with Gasteiger partial charge in [-0.3, -0.25) is 4.79 Å². The summed E-state index contributed by atoms with van der Waals surface area (Å²) in [6, 6.07) is 3.49. The molecule has 0 spiro atoms. The number of nitrogen functional groups attached to an aromatic ring is 1. The maximum absolute atomic E-state index is 11.1. The van der Waals surface area contributed by atoms with Gasteiger partial charge in [0.15, 0.2) is 0 Å². The number of nitrogens with zero attached hydrogens (tertiary/aromatic N) is 1. The molecule has 0 fully saturated rings. The Kier molecular flexibility index (Phi) is 3.14. The van der Waals surface area contributed by atoms with Crippen LogP contribution in [0.15, 0.2) is 18.3 Å². The molecule has 0 bridgehead atoms. The third-order valence-electron chi connectivity index (χ3n) is 2.18. The van der Waals surface area contributed by atoms with E-state index in [-0.39, 0.29) is 5.91 Å². The van der Waals surface area contributed by atoms with Crippen LogP contribution in [0, 0.1) is 5.41 Å². The summed E-state index contributed by atoms with van der Waals surface area (Å²) in [6.07, 6.45) is 1.61. The van der Waals surface area contributed by atoms with E-state index in [1.165, 1.54) is 0 Å². The van der Waals surface area contributed by atoms with Gasteiger partial charge in [-0.2, -0.15) is 0 Å². The number of hydrogen-bond acceptors (Lipinski definition) is 4. The van der Waals surface area contributed by atoms with Gasteiger partial charge in [-0.25, -0.2) is 4.98 Å². The normalized spacial score (nSPS) is 11.1. The van der Waals surface area contributed by atoms with Gasteiger partial charge in [0.25, 0.3) is 0 Å². The minimum Gasteiger partial charge on any atom is -0.384 e. The number of nitrogens with one attached hydrogen (secondary N) is 1. The first-order valence-electron chi connectivity index (χ1n) is 4.67. The van der Waals surface area contributed by atoms with Crippen molar-refractivity contribution < 1.29 is 4.79 Å². The molecule has 1 aromatic rings. The summed E-state index contributed by atoms with van der Waals surface area (Å²) in [5.74, 6) is 0.105. The van der Waals surface area contributed by atoms with Crippen molar-refractivity contribution in [3.05, 3.63) is 18.3 Å². The second-order valence-electron chi connectivity index (χ2n) is 4.07. The van der Waals surface area contributed by atoms with Crippen LogP contribution in [-0.2, 0) is 4.79 Å². The van der Waals surface area contributed by atoms with Crippen molar-refractivity contribution in [3.8, 4) is 0 Å². The Labute approximate surface area is 88.9 Å². The van der Waals surface area contributed by atoms with Gasteiger partial charge >= 0.3 is 0 Å². The van der Waals surface area contributed by atoms with E-state index in [4.69, 9.17) is 11.5 Å². The molecular weight excluding hydrogens is 192 g/mol. The van der Waals surface area contributed by atoms with Crippen LogP contribution in [-0.4, -0.2) is 17.4 Å². The second-order valence-corrected chi connectivity index (χ2v) is 4.07. The summed E-state index contributed by atoms with van der Waals surface area (Å²) in [4.78, 5) is 14.9. The fourth-order valence-corrected chi connectivity index (χ4v) is 0.968. The van der Waals surface area contributed by atoms with Gasteiger partial charge in [0.05, 0.1) is 5.41 Å². The number of amides is 1. The molecule has 1 aromatic heterocycles. The van der Waals surface area contributed by atoms with Gasteiger partial charge in [0, 0.05) is 24.5 Å². The van der Waals surface area contributed by atoms with Gasteiger partial charge in [0.2, 0.25) is 5.91 Å². The lowest BCUT2D eigenvalue weighted by Gasteiger charge is -2.21. The van der Waals surface area contributed by atoms with Crippen LogP contribution in [0.5, 0.6) is 0 Å². The highest BCUT2D eigenvalue weighted by Crippen LogP contribution is 2.16. The van der Waals surface area contributed by atoms with E-state index in [0.717, 1.165) is 5.69 Å². The van der Waals surface area contributed by atoms with E-state index < -0.39 is 5.41 Å². The van der Waals surface area contributed by atoms with E-state index in [9.17, 15) is 4.79 Å². The average Bonchev–Trinajstić information content (AvgIpc) is 2.15. The van der Waals surface area contributed by atoms with Crippen molar-refractivity contribution in [2.75, 3.05) is 17.6 Å². The fraction of sp³-hybridized carbons (Fsp3) is 0.400. The Bertz CT molecular complexity index is 362. The summed E-state index contributed by atoms with van der Waals surface area (Å²) in [6.45, 7) is 4.03. The quantitative estimate of drug-likeness (QED) is 0.675. The van der Waals surface area contributed by atoms with Crippen molar-refractivity contribution in [2.24, 2.45) is 11.1 Å². The Morgan fingerprint density at radius 1 is 1.60 bits per heavy atom. The number of nitrogens with two attached hydrogens (primary N) is 2. The highest BCUT2D eigenvalue weighted by Gasteiger charge is 2.24. The predicted octanol–water partition coefficient (Wildman–Crippen LogP) is 0.587. The highest BCUT2D eigenvalue weighted by atomic mass is 16.1. The first kappa shape index (κ1) is 11.3. The summed E-state index contributed by atoms with van der Waals surface area (Å²) in [5, 5.41) is 3.09. The van der Waals surface area contributed by atoms with E-state index in [1.54, 1.807) is 32.2 Å². The number of pyridine rings is 1. The Morgan fingerprint density at radius 3 is 2.80 bits per heavy atom. The number of carbonyl (C=O) groups is 1. The van der Waals surface area contributed by atoms with Gasteiger partial charge in [0.1, 0.15) is 5.82 Å². The molecule has 0 saturated heterocycles. The molecule has 0 aliphatic rings. The lowest BCUT2D eigenvalue weighted by atomic mass is 9.93. The number of primary amides is 1. The molecule has 1 heterocycles. The van der Waals surface area contributed by atoms with E-state index >= 15 is 0 Å². The molecule has 0 atom stereocenters. The molecule has 5 nitrogen and oxygen atoms in total. The van der Waals surface area contributed by atoms with Crippen LogP contribution >= 0.6 is 0 Å². The molecule has 0 aliphatic carbocycles. The molecule has 0 aromatic carbocycles. The van der Waals surface area contributed by atoms with Crippen LogP contribution in [0.1, 0.15) is 13.8 Å². The molecule has 82 valence electrons. The van der Waals surface area contributed by atoms with Crippen LogP contribution in [0.2, 0.25) is 0 Å². The number of rotatable bonds is 4. The molecule has 0 unspecified atom stereocenters. The standard InChI is InChI=1S/C10H16N4O/c1-10(2,9(12)15)6-14-7-3-4-13-8(11)5-7/h3-5H,6H2,1-2H3,(H2,12,15)(H3,11,13,14). The Morgan fingerprint density at radius 2 is 2.27 bits per heavy atom. The van der Waals surface area contributed by atoms with Gasteiger partial charge < -0.3 is 16.8 Å². The van der Waals surface area contributed by atoms with Crippen molar-refractivity contribution in [1.82, 2.24) is 4.98 Å². The monoisotopic (exact) mass is 208 g/mol. The number of aromatic nitrogens is 1. The van der Waals surface area contributed by atoms with Crippen molar-refractivity contribution in [2.45, 2.75) is 13.8 Å². The SMILES string of the molecule is CC(C)(CNc1ccnc(N)c1)C(N)=O. The lowest BCUT2D eigenvalue weighted by Crippen LogP contribution is -2.37. The molecule has 1 rings (SSSR count). The molecule has 0 aliphatic heterocycles. The smallest absolute Gasteiger partial charge is 0.224 e. The molecule has 15 heavy (non-hydrogen) atoms. The zero-order valence-corrected chi connectivity index (χ0v) is 8.95. The maximum Gasteiger partial charge on any atom is 0.224 e. The Balaban J connectivity index is 2.61. The largest absolute Gasteiger partial charge is 0.384 e. The lowest BCUT2D eigenvalue weighted by molar-refractivity contribution is -0.125. The van der Waals surface area contributed by atoms with Crippen LogP contribution in [0.4, 0.5) is 11.5 Å². The first-order valence-corrected chi connectivity index (χ1v) is 4.67. The van der Waals surface area contributed by atoms with E-state index in [2.05, 4.69) is 10.3 Å². The molecule has 5 heteroatoms. The molecular formula is C10H16N4O. The fourth-order valence-electron chi connectivity index (χ4n) is 0.968. The minimum atomic E-state index is -0.585. The number of carbonyl (C=O) groups excluding carboxylic acids is 1. The molecule has 5 N–H and O–H groups in total. The summed E-state index contributed by atoms with van der Waals surface area (Å²) < 4.78 is 0. The molecule has 0 radical (unpaired) electrons. The number of hydrogen-bond donors (Lipinski definition) is 3.